The van der Waals surface area contributed by atoms with Crippen LogP contribution < -0.4 is 14.4 Å². The van der Waals surface area contributed by atoms with Crippen LogP contribution in [0.5, 0.6) is 11.5 Å². The van der Waals surface area contributed by atoms with E-state index in [9.17, 15) is 0 Å². The van der Waals surface area contributed by atoms with Gasteiger partial charge in [-0.15, -0.1) is 0 Å². The normalized spacial score (nSPS) is 11.0. The quantitative estimate of drug-likeness (QED) is 0.349. The molecular formula is C25H25N7O2. The highest BCUT2D eigenvalue weighted by molar-refractivity contribution is 5.82. The SMILES string of the molecule is COc1cc(OC)cc(N(CCn2cncn2)c2ccc3ncc(-c4ccn(C)c4)nc3c2)c1. The highest BCUT2D eigenvalue weighted by atomic mass is 16.5. The topological polar surface area (TPSA) is 83.1 Å². The van der Waals surface area contributed by atoms with E-state index in [-0.39, 0.29) is 0 Å². The molecule has 0 fully saturated rings. The molecule has 3 heterocycles. The van der Waals surface area contributed by atoms with Gasteiger partial charge in [0, 0.05) is 61.1 Å². The van der Waals surface area contributed by atoms with E-state index in [0.29, 0.717) is 24.6 Å². The van der Waals surface area contributed by atoms with E-state index in [2.05, 4.69) is 26.0 Å². The predicted molar refractivity (Wildman–Crippen MR) is 131 cm³/mol. The molecule has 0 N–H and O–H groups in total. The number of anilines is 2. The number of hydrogen-bond acceptors (Lipinski definition) is 7. The molecule has 0 aliphatic rings. The Morgan fingerprint density at radius 2 is 1.76 bits per heavy atom. The molecule has 0 saturated carbocycles. The van der Waals surface area contributed by atoms with Gasteiger partial charge in [-0.25, -0.2) is 9.97 Å². The van der Waals surface area contributed by atoms with Crippen molar-refractivity contribution >= 4 is 22.4 Å². The van der Waals surface area contributed by atoms with E-state index in [1.165, 1.54) is 6.33 Å². The van der Waals surface area contributed by atoms with E-state index in [1.54, 1.807) is 25.2 Å². The van der Waals surface area contributed by atoms with Crippen molar-refractivity contribution in [3.8, 4) is 22.8 Å². The van der Waals surface area contributed by atoms with Gasteiger partial charge in [-0.2, -0.15) is 5.10 Å². The van der Waals surface area contributed by atoms with E-state index in [0.717, 1.165) is 33.7 Å². The number of ether oxygens (including phenoxy) is 2. The van der Waals surface area contributed by atoms with Gasteiger partial charge in [-0.3, -0.25) is 9.67 Å². The lowest BCUT2D eigenvalue weighted by Gasteiger charge is -2.26. The van der Waals surface area contributed by atoms with Gasteiger partial charge in [-0.1, -0.05) is 0 Å². The molecule has 0 bridgehead atoms. The molecule has 34 heavy (non-hydrogen) atoms. The first-order valence-electron chi connectivity index (χ1n) is 10.8. The standard InChI is InChI=1S/C25H25N7O2/c1-30-7-6-18(15-30)25-14-27-23-5-4-19(12-24(23)29-25)32(9-8-31-17-26-16-28-31)20-10-21(33-2)13-22(11-20)34-3/h4-7,10-17H,8-9H2,1-3H3. The Labute approximate surface area is 197 Å². The van der Waals surface area contributed by atoms with Crippen molar-refractivity contribution in [2.45, 2.75) is 6.54 Å². The maximum absolute atomic E-state index is 5.51. The van der Waals surface area contributed by atoms with Crippen molar-refractivity contribution in [1.29, 1.82) is 0 Å². The molecule has 0 atom stereocenters. The number of aromatic nitrogens is 6. The maximum atomic E-state index is 5.51. The van der Waals surface area contributed by atoms with Crippen LogP contribution in [0, 0.1) is 0 Å². The molecule has 0 aliphatic heterocycles. The van der Waals surface area contributed by atoms with Crippen molar-refractivity contribution in [3.05, 3.63) is 73.7 Å². The summed E-state index contributed by atoms with van der Waals surface area (Å²) in [4.78, 5) is 15.8. The average Bonchev–Trinajstić information content (AvgIpc) is 3.55. The van der Waals surface area contributed by atoms with Crippen molar-refractivity contribution < 1.29 is 9.47 Å². The number of methoxy groups -OCH3 is 2. The number of aryl methyl sites for hydroxylation is 1. The summed E-state index contributed by atoms with van der Waals surface area (Å²) in [5, 5.41) is 4.25. The van der Waals surface area contributed by atoms with Crippen LogP contribution in [0.3, 0.4) is 0 Å². The highest BCUT2D eigenvalue weighted by Crippen LogP contribution is 2.34. The van der Waals surface area contributed by atoms with Crippen molar-refractivity contribution in [3.63, 3.8) is 0 Å². The Morgan fingerprint density at radius 1 is 0.941 bits per heavy atom. The Kier molecular flexibility index (Phi) is 5.82. The number of nitrogens with zero attached hydrogens (tertiary/aromatic N) is 7. The summed E-state index contributed by atoms with van der Waals surface area (Å²) in [7, 11) is 5.29. The number of hydrogen-bond donors (Lipinski definition) is 0. The first kappa shape index (κ1) is 21.4. The van der Waals surface area contributed by atoms with Crippen LogP contribution in [0.15, 0.2) is 73.7 Å². The second-order valence-electron chi connectivity index (χ2n) is 7.87. The average molecular weight is 456 g/mol. The molecule has 2 aromatic carbocycles. The predicted octanol–water partition coefficient (Wildman–Crippen LogP) is 4.08. The Balaban J connectivity index is 1.57. The maximum Gasteiger partial charge on any atom is 0.137 e. The molecule has 0 spiro atoms. The lowest BCUT2D eigenvalue weighted by Crippen LogP contribution is -2.23. The highest BCUT2D eigenvalue weighted by Gasteiger charge is 2.15. The second kappa shape index (κ2) is 9.22. The van der Waals surface area contributed by atoms with Gasteiger partial charge in [-0.05, 0) is 24.3 Å². The third kappa shape index (κ3) is 4.40. The molecule has 5 aromatic rings. The largest absolute Gasteiger partial charge is 0.497 e. The number of fused-ring (bicyclic) bond motifs is 1. The summed E-state index contributed by atoms with van der Waals surface area (Å²) >= 11 is 0. The van der Waals surface area contributed by atoms with Crippen molar-refractivity contribution in [1.82, 2.24) is 29.3 Å². The lowest BCUT2D eigenvalue weighted by molar-refractivity contribution is 0.394. The molecule has 172 valence electrons. The Bertz CT molecular complexity index is 1390. The molecule has 0 aliphatic carbocycles. The molecule has 0 radical (unpaired) electrons. The zero-order valence-electron chi connectivity index (χ0n) is 19.3. The fraction of sp³-hybridized carbons (Fsp3) is 0.200. The van der Waals surface area contributed by atoms with Crippen molar-refractivity contribution in [2.24, 2.45) is 7.05 Å². The Morgan fingerprint density at radius 3 is 2.44 bits per heavy atom. The van der Waals surface area contributed by atoms with Gasteiger partial charge >= 0.3 is 0 Å². The van der Waals surface area contributed by atoms with Crippen LogP contribution in [0.1, 0.15) is 0 Å². The minimum absolute atomic E-state index is 0.646. The fourth-order valence-corrected chi connectivity index (χ4v) is 3.87. The van der Waals surface area contributed by atoms with Gasteiger partial charge in [0.1, 0.15) is 24.2 Å². The molecule has 3 aromatic heterocycles. The molecule has 0 amide bonds. The summed E-state index contributed by atoms with van der Waals surface area (Å²) in [6, 6.07) is 14.0. The van der Waals surface area contributed by atoms with E-state index in [1.807, 2.05) is 66.6 Å². The number of benzene rings is 2. The van der Waals surface area contributed by atoms with E-state index < -0.39 is 0 Å². The van der Waals surface area contributed by atoms with Crippen LogP contribution in [-0.2, 0) is 13.6 Å². The summed E-state index contributed by atoms with van der Waals surface area (Å²) in [5.41, 5.74) is 5.43. The first-order valence-corrected chi connectivity index (χ1v) is 10.8. The first-order chi connectivity index (χ1) is 16.6. The fourth-order valence-electron chi connectivity index (χ4n) is 3.87. The summed E-state index contributed by atoms with van der Waals surface area (Å²) in [6.07, 6.45) is 9.09. The van der Waals surface area contributed by atoms with Crippen LogP contribution in [0.4, 0.5) is 11.4 Å². The van der Waals surface area contributed by atoms with Crippen LogP contribution in [0.2, 0.25) is 0 Å². The van der Waals surface area contributed by atoms with Crippen LogP contribution in [-0.4, -0.2) is 50.1 Å². The zero-order chi connectivity index (χ0) is 23.5. The lowest BCUT2D eigenvalue weighted by atomic mass is 10.2. The molecule has 9 heteroatoms. The van der Waals surface area contributed by atoms with Gasteiger partial charge in [0.25, 0.3) is 0 Å². The second-order valence-corrected chi connectivity index (χ2v) is 7.87. The Hall–Kier alpha value is -4.40. The minimum atomic E-state index is 0.646. The van der Waals surface area contributed by atoms with Crippen molar-refractivity contribution in [2.75, 3.05) is 25.7 Å². The summed E-state index contributed by atoms with van der Waals surface area (Å²) in [6.45, 7) is 1.30. The monoisotopic (exact) mass is 455 g/mol. The smallest absolute Gasteiger partial charge is 0.137 e. The van der Waals surface area contributed by atoms with E-state index in [4.69, 9.17) is 14.5 Å². The molecule has 9 nitrogen and oxygen atoms in total. The summed E-state index contributed by atoms with van der Waals surface area (Å²) < 4.78 is 14.8. The zero-order valence-corrected chi connectivity index (χ0v) is 19.3. The molecule has 0 saturated heterocycles. The number of rotatable bonds is 8. The van der Waals surface area contributed by atoms with E-state index >= 15 is 0 Å². The van der Waals surface area contributed by atoms with Gasteiger partial charge in [0.15, 0.2) is 0 Å². The molecule has 0 unspecified atom stereocenters. The molecular weight excluding hydrogens is 430 g/mol. The van der Waals surface area contributed by atoms with Gasteiger partial charge in [0.05, 0.1) is 43.7 Å². The van der Waals surface area contributed by atoms with Crippen LogP contribution >= 0.6 is 0 Å². The van der Waals surface area contributed by atoms with Crippen LogP contribution in [0.25, 0.3) is 22.3 Å². The minimum Gasteiger partial charge on any atom is -0.497 e. The van der Waals surface area contributed by atoms with Gasteiger partial charge < -0.3 is 18.9 Å². The third-order valence-electron chi connectivity index (χ3n) is 5.63. The molecule has 5 rings (SSSR count). The third-order valence-corrected chi connectivity index (χ3v) is 5.63. The summed E-state index contributed by atoms with van der Waals surface area (Å²) in [5.74, 6) is 1.43. The van der Waals surface area contributed by atoms with Gasteiger partial charge in [0.2, 0.25) is 0 Å².